The van der Waals surface area contributed by atoms with Crippen molar-refractivity contribution in [3.05, 3.63) is 28.8 Å². The van der Waals surface area contributed by atoms with Crippen LogP contribution < -0.4 is 10.1 Å². The summed E-state index contributed by atoms with van der Waals surface area (Å²) < 4.78 is 5.60. The van der Waals surface area contributed by atoms with E-state index in [0.717, 1.165) is 11.3 Å². The lowest BCUT2D eigenvalue weighted by Crippen LogP contribution is -2.31. The maximum Gasteiger partial charge on any atom is 0.125 e. The number of aliphatic hydroxyl groups is 1. The molecule has 0 bridgehead atoms. The van der Waals surface area contributed by atoms with Crippen LogP contribution in [0.1, 0.15) is 18.1 Å². The molecule has 0 aliphatic carbocycles. The van der Waals surface area contributed by atoms with Crippen LogP contribution in [-0.2, 0) is 0 Å². The number of likely N-dealkylation sites (N-methyl/N-ethyl adjacent to an activating group) is 1. The molecule has 0 saturated heterocycles. The molecule has 1 aliphatic rings. The molecule has 1 aromatic carbocycles. The predicted molar refractivity (Wildman–Crippen MR) is 59.4 cm³/mol. The Labute approximate surface area is 94.0 Å². The zero-order valence-electron chi connectivity index (χ0n) is 8.53. The summed E-state index contributed by atoms with van der Waals surface area (Å²) in [4.78, 5) is 0. The van der Waals surface area contributed by atoms with Crippen LogP contribution in [0.25, 0.3) is 0 Å². The molecule has 0 saturated carbocycles. The van der Waals surface area contributed by atoms with Crippen LogP contribution in [0.2, 0.25) is 5.02 Å². The second-order valence-corrected chi connectivity index (χ2v) is 4.17. The normalized spacial score (nSPS) is 25.3. The summed E-state index contributed by atoms with van der Waals surface area (Å²) in [6, 6.07) is 5.51. The summed E-state index contributed by atoms with van der Waals surface area (Å²) in [5.41, 5.74) is 0.778. The summed E-state index contributed by atoms with van der Waals surface area (Å²) in [5.74, 6) is 0.727. The number of benzene rings is 1. The molecule has 1 aromatic rings. The molecule has 82 valence electrons. The van der Waals surface area contributed by atoms with Crippen molar-refractivity contribution in [1.82, 2.24) is 5.32 Å². The maximum absolute atomic E-state index is 9.99. The average molecular weight is 228 g/mol. The molecule has 15 heavy (non-hydrogen) atoms. The van der Waals surface area contributed by atoms with Gasteiger partial charge in [0, 0.05) is 16.6 Å². The molecule has 1 heterocycles. The SMILES string of the molecule is CN[C@H]1COc2ccc(Cl)cc2[C@H](O)C1. The zero-order chi connectivity index (χ0) is 10.8. The van der Waals surface area contributed by atoms with Crippen LogP contribution in [0.5, 0.6) is 5.75 Å². The number of ether oxygens (including phenoxy) is 1. The van der Waals surface area contributed by atoms with Crippen LogP contribution in [0.3, 0.4) is 0 Å². The number of halogens is 1. The second kappa shape index (κ2) is 4.39. The highest BCUT2D eigenvalue weighted by Crippen LogP contribution is 2.33. The molecule has 3 nitrogen and oxygen atoms in total. The minimum absolute atomic E-state index is 0.172. The first-order valence-electron chi connectivity index (χ1n) is 4.98. The Morgan fingerprint density at radius 2 is 2.33 bits per heavy atom. The van der Waals surface area contributed by atoms with Gasteiger partial charge in [0.25, 0.3) is 0 Å². The third kappa shape index (κ3) is 2.25. The van der Waals surface area contributed by atoms with Gasteiger partial charge in [-0.1, -0.05) is 11.6 Å². The van der Waals surface area contributed by atoms with Gasteiger partial charge in [-0.05, 0) is 31.7 Å². The highest BCUT2D eigenvalue weighted by molar-refractivity contribution is 6.30. The molecular formula is C11H14ClNO2. The summed E-state index contributed by atoms with van der Waals surface area (Å²) >= 11 is 5.88. The second-order valence-electron chi connectivity index (χ2n) is 3.73. The molecule has 0 fully saturated rings. The van der Waals surface area contributed by atoms with Crippen molar-refractivity contribution in [2.45, 2.75) is 18.6 Å². The highest BCUT2D eigenvalue weighted by atomic mass is 35.5. The Kier molecular flexibility index (Phi) is 3.14. The number of aliphatic hydroxyl groups excluding tert-OH is 1. The Balaban J connectivity index is 2.31. The monoisotopic (exact) mass is 227 g/mol. The van der Waals surface area contributed by atoms with Gasteiger partial charge in [-0.25, -0.2) is 0 Å². The Morgan fingerprint density at radius 3 is 3.07 bits per heavy atom. The number of hydrogen-bond acceptors (Lipinski definition) is 3. The number of rotatable bonds is 1. The fourth-order valence-electron chi connectivity index (χ4n) is 1.77. The molecule has 0 aromatic heterocycles. The van der Waals surface area contributed by atoms with Gasteiger partial charge in [0.15, 0.2) is 0 Å². The van der Waals surface area contributed by atoms with Crippen LogP contribution in [0, 0.1) is 0 Å². The summed E-state index contributed by atoms with van der Waals surface area (Å²) in [6.07, 6.45) is 0.128. The van der Waals surface area contributed by atoms with Gasteiger partial charge in [0.1, 0.15) is 12.4 Å². The van der Waals surface area contributed by atoms with Crippen molar-refractivity contribution in [3.63, 3.8) is 0 Å². The first-order valence-corrected chi connectivity index (χ1v) is 5.36. The first kappa shape index (κ1) is 10.7. The summed E-state index contributed by atoms with van der Waals surface area (Å²) in [5, 5.41) is 13.7. The van der Waals surface area contributed by atoms with E-state index in [1.807, 2.05) is 7.05 Å². The van der Waals surface area contributed by atoms with E-state index in [1.165, 1.54) is 0 Å². The topological polar surface area (TPSA) is 41.5 Å². The lowest BCUT2D eigenvalue weighted by Gasteiger charge is -2.14. The molecule has 0 spiro atoms. The Morgan fingerprint density at radius 1 is 1.53 bits per heavy atom. The molecule has 0 radical (unpaired) electrons. The Hall–Kier alpha value is -0.770. The van der Waals surface area contributed by atoms with Crippen molar-refractivity contribution in [3.8, 4) is 5.75 Å². The average Bonchev–Trinajstić information content (AvgIpc) is 2.39. The highest BCUT2D eigenvalue weighted by Gasteiger charge is 2.23. The lowest BCUT2D eigenvalue weighted by molar-refractivity contribution is 0.153. The minimum Gasteiger partial charge on any atom is -0.492 e. The standard InChI is InChI=1S/C11H14ClNO2/c1-13-8-5-10(14)9-4-7(12)2-3-11(9)15-6-8/h2-4,8,10,13-14H,5-6H2,1H3/t8-,10-/m1/s1. The number of fused-ring (bicyclic) bond motifs is 1. The van der Waals surface area contributed by atoms with E-state index in [2.05, 4.69) is 5.32 Å². The van der Waals surface area contributed by atoms with Crippen molar-refractivity contribution in [1.29, 1.82) is 0 Å². The molecular weight excluding hydrogens is 214 g/mol. The van der Waals surface area contributed by atoms with Gasteiger partial charge in [-0.15, -0.1) is 0 Å². The van der Waals surface area contributed by atoms with Gasteiger partial charge in [-0.2, -0.15) is 0 Å². The van der Waals surface area contributed by atoms with Gasteiger partial charge in [0.05, 0.1) is 6.10 Å². The lowest BCUT2D eigenvalue weighted by atomic mass is 10.0. The smallest absolute Gasteiger partial charge is 0.125 e. The van der Waals surface area contributed by atoms with Gasteiger partial charge >= 0.3 is 0 Å². The molecule has 0 unspecified atom stereocenters. The van der Waals surface area contributed by atoms with E-state index in [9.17, 15) is 5.11 Å². The fourth-order valence-corrected chi connectivity index (χ4v) is 1.95. The van der Waals surface area contributed by atoms with Crippen molar-refractivity contribution >= 4 is 11.6 Å². The molecule has 2 atom stereocenters. The minimum atomic E-state index is -0.515. The molecule has 1 aliphatic heterocycles. The van der Waals surface area contributed by atoms with Crippen molar-refractivity contribution in [2.75, 3.05) is 13.7 Å². The molecule has 4 heteroatoms. The van der Waals surface area contributed by atoms with Gasteiger partial charge in [0.2, 0.25) is 0 Å². The first-order chi connectivity index (χ1) is 7.20. The van der Waals surface area contributed by atoms with E-state index in [1.54, 1.807) is 18.2 Å². The van der Waals surface area contributed by atoms with E-state index in [0.29, 0.717) is 18.1 Å². The van der Waals surface area contributed by atoms with E-state index < -0.39 is 6.10 Å². The predicted octanol–water partition coefficient (Wildman–Crippen LogP) is 1.74. The van der Waals surface area contributed by atoms with E-state index in [-0.39, 0.29) is 6.04 Å². The Bertz CT molecular complexity index is 356. The van der Waals surface area contributed by atoms with Crippen LogP contribution in [0.15, 0.2) is 18.2 Å². The third-order valence-corrected chi connectivity index (χ3v) is 2.92. The zero-order valence-corrected chi connectivity index (χ0v) is 9.29. The molecule has 2 rings (SSSR count). The summed E-state index contributed by atoms with van der Waals surface area (Å²) in [6.45, 7) is 0.572. The van der Waals surface area contributed by atoms with Crippen molar-refractivity contribution in [2.24, 2.45) is 0 Å². The van der Waals surface area contributed by atoms with Gasteiger partial charge in [-0.3, -0.25) is 0 Å². The molecule has 0 amide bonds. The largest absolute Gasteiger partial charge is 0.492 e. The summed E-state index contributed by atoms with van der Waals surface area (Å²) in [7, 11) is 1.86. The maximum atomic E-state index is 9.99. The van der Waals surface area contributed by atoms with Crippen LogP contribution in [0.4, 0.5) is 0 Å². The third-order valence-electron chi connectivity index (χ3n) is 2.69. The number of hydrogen-bond donors (Lipinski definition) is 2. The van der Waals surface area contributed by atoms with Gasteiger partial charge < -0.3 is 15.2 Å². The quantitative estimate of drug-likeness (QED) is 0.768. The van der Waals surface area contributed by atoms with Crippen molar-refractivity contribution < 1.29 is 9.84 Å². The van der Waals surface area contributed by atoms with Crippen LogP contribution in [-0.4, -0.2) is 24.8 Å². The molecule has 2 N–H and O–H groups in total. The number of nitrogens with one attached hydrogen (secondary N) is 1. The van der Waals surface area contributed by atoms with Crippen LogP contribution >= 0.6 is 11.6 Å². The van der Waals surface area contributed by atoms with E-state index in [4.69, 9.17) is 16.3 Å². The fraction of sp³-hybridized carbons (Fsp3) is 0.455. The van der Waals surface area contributed by atoms with E-state index >= 15 is 0 Å².